The van der Waals surface area contributed by atoms with Crippen LogP contribution in [0.4, 0.5) is 0 Å². The monoisotopic (exact) mass is 199 g/mol. The van der Waals surface area contributed by atoms with Crippen molar-refractivity contribution in [1.29, 1.82) is 0 Å². The highest BCUT2D eigenvalue weighted by molar-refractivity contribution is 5.71. The third kappa shape index (κ3) is 2.98. The van der Waals surface area contributed by atoms with Gasteiger partial charge in [-0.15, -0.1) is 0 Å². The third-order valence-electron chi connectivity index (χ3n) is 2.99. The van der Waals surface area contributed by atoms with Crippen molar-refractivity contribution in [2.45, 2.75) is 52.1 Å². The minimum absolute atomic E-state index is 0.0897. The molecule has 0 saturated carbocycles. The van der Waals surface area contributed by atoms with E-state index in [0.717, 1.165) is 0 Å². The van der Waals surface area contributed by atoms with Gasteiger partial charge in [-0.25, -0.2) is 0 Å². The number of piperidine rings is 1. The minimum Gasteiger partial charge on any atom is -0.465 e. The summed E-state index contributed by atoms with van der Waals surface area (Å²) in [6.45, 7) is 7.16. The molecule has 0 radical (unpaired) electrons. The molecule has 82 valence electrons. The number of carbonyl (C=O) groups is 1. The first-order chi connectivity index (χ1) is 6.65. The molecule has 2 atom stereocenters. The molecular weight excluding hydrogens is 178 g/mol. The van der Waals surface area contributed by atoms with Crippen LogP contribution in [0.1, 0.15) is 40.0 Å². The summed E-state index contributed by atoms with van der Waals surface area (Å²) in [5.74, 6) is -0.0897. The number of nitrogens with zero attached hydrogens (tertiary/aromatic N) is 1. The molecule has 0 aliphatic carbocycles. The van der Waals surface area contributed by atoms with Crippen LogP contribution in [0.2, 0.25) is 0 Å². The van der Waals surface area contributed by atoms with Crippen LogP contribution in [0, 0.1) is 0 Å². The molecule has 0 N–H and O–H groups in total. The first-order valence-corrected chi connectivity index (χ1v) is 5.56. The molecule has 1 saturated heterocycles. The lowest BCUT2D eigenvalue weighted by Gasteiger charge is -2.38. The molecule has 1 fully saturated rings. The summed E-state index contributed by atoms with van der Waals surface area (Å²) < 4.78 is 4.96. The number of likely N-dealkylation sites (tertiary alicyclic amines) is 1. The van der Waals surface area contributed by atoms with Crippen molar-refractivity contribution < 1.29 is 9.53 Å². The van der Waals surface area contributed by atoms with Gasteiger partial charge in [0.2, 0.25) is 0 Å². The van der Waals surface area contributed by atoms with E-state index in [1.807, 2.05) is 6.92 Å². The van der Waals surface area contributed by atoms with Gasteiger partial charge in [0.05, 0.1) is 13.2 Å². The molecule has 0 unspecified atom stereocenters. The highest BCUT2D eigenvalue weighted by atomic mass is 16.5. The lowest BCUT2D eigenvalue weighted by atomic mass is 9.98. The summed E-state index contributed by atoms with van der Waals surface area (Å²) in [5.41, 5.74) is 0. The van der Waals surface area contributed by atoms with Crippen molar-refractivity contribution in [3.8, 4) is 0 Å². The lowest BCUT2D eigenvalue weighted by Crippen LogP contribution is -2.46. The summed E-state index contributed by atoms with van der Waals surface area (Å²) in [4.78, 5) is 13.6. The van der Waals surface area contributed by atoms with E-state index in [9.17, 15) is 4.79 Å². The second-order valence-electron chi connectivity index (χ2n) is 4.11. The zero-order valence-electron chi connectivity index (χ0n) is 9.45. The molecule has 0 aromatic rings. The zero-order valence-corrected chi connectivity index (χ0v) is 9.45. The summed E-state index contributed by atoms with van der Waals surface area (Å²) in [7, 11) is 0. The topological polar surface area (TPSA) is 29.5 Å². The number of hydrogen-bond acceptors (Lipinski definition) is 3. The van der Waals surface area contributed by atoms with Gasteiger partial charge in [0.25, 0.3) is 0 Å². The maximum Gasteiger partial charge on any atom is 0.320 e. The molecule has 14 heavy (non-hydrogen) atoms. The highest BCUT2D eigenvalue weighted by Crippen LogP contribution is 2.21. The fraction of sp³-hybridized carbons (Fsp3) is 0.909. The van der Waals surface area contributed by atoms with Crippen LogP contribution in [-0.4, -0.2) is 36.1 Å². The van der Waals surface area contributed by atoms with E-state index >= 15 is 0 Å². The van der Waals surface area contributed by atoms with Crippen LogP contribution >= 0.6 is 0 Å². The minimum atomic E-state index is -0.0897. The van der Waals surface area contributed by atoms with Gasteiger partial charge in [0.15, 0.2) is 0 Å². The lowest BCUT2D eigenvalue weighted by molar-refractivity contribution is -0.146. The standard InChI is InChI=1S/C11H21NO2/c1-4-14-11(13)8-12-9(2)6-5-7-10(12)3/h9-10H,4-8H2,1-3H3/t9-,10+. The number of hydrogen-bond donors (Lipinski definition) is 0. The third-order valence-corrected chi connectivity index (χ3v) is 2.99. The Hall–Kier alpha value is -0.570. The second kappa shape index (κ2) is 5.35. The van der Waals surface area contributed by atoms with Gasteiger partial charge >= 0.3 is 5.97 Å². The molecule has 0 bridgehead atoms. The Morgan fingerprint density at radius 3 is 2.43 bits per heavy atom. The van der Waals surface area contributed by atoms with E-state index in [-0.39, 0.29) is 5.97 Å². The fourth-order valence-corrected chi connectivity index (χ4v) is 2.14. The van der Waals surface area contributed by atoms with E-state index in [2.05, 4.69) is 18.7 Å². The van der Waals surface area contributed by atoms with Gasteiger partial charge in [0, 0.05) is 12.1 Å². The van der Waals surface area contributed by atoms with E-state index in [4.69, 9.17) is 4.74 Å². The van der Waals surface area contributed by atoms with Crippen LogP contribution in [-0.2, 0) is 9.53 Å². The van der Waals surface area contributed by atoms with E-state index in [1.165, 1.54) is 19.3 Å². The molecule has 1 heterocycles. The van der Waals surface area contributed by atoms with Gasteiger partial charge in [0.1, 0.15) is 0 Å². The fourth-order valence-electron chi connectivity index (χ4n) is 2.14. The zero-order chi connectivity index (χ0) is 10.6. The average molecular weight is 199 g/mol. The largest absolute Gasteiger partial charge is 0.465 e. The number of carbonyl (C=O) groups excluding carboxylic acids is 1. The van der Waals surface area contributed by atoms with Crippen molar-refractivity contribution in [2.75, 3.05) is 13.2 Å². The Kier molecular flexibility index (Phi) is 4.39. The van der Waals surface area contributed by atoms with Crippen LogP contribution < -0.4 is 0 Å². The predicted octanol–water partition coefficient (Wildman–Crippen LogP) is 1.81. The smallest absolute Gasteiger partial charge is 0.320 e. The summed E-state index contributed by atoms with van der Waals surface area (Å²) in [5, 5.41) is 0. The normalized spacial score (nSPS) is 28.8. The molecule has 0 amide bonds. The molecule has 0 spiro atoms. The van der Waals surface area contributed by atoms with Gasteiger partial charge in [-0.3, -0.25) is 9.69 Å². The summed E-state index contributed by atoms with van der Waals surface area (Å²) >= 11 is 0. The first kappa shape index (κ1) is 11.5. The second-order valence-corrected chi connectivity index (χ2v) is 4.11. The Balaban J connectivity index is 2.43. The number of esters is 1. The van der Waals surface area contributed by atoms with Gasteiger partial charge in [-0.1, -0.05) is 6.42 Å². The van der Waals surface area contributed by atoms with Crippen LogP contribution in [0.5, 0.6) is 0 Å². The van der Waals surface area contributed by atoms with E-state index in [1.54, 1.807) is 0 Å². The maximum atomic E-state index is 11.3. The van der Waals surface area contributed by atoms with Gasteiger partial charge in [-0.05, 0) is 33.6 Å². The quantitative estimate of drug-likeness (QED) is 0.649. The predicted molar refractivity (Wildman–Crippen MR) is 56.1 cm³/mol. The van der Waals surface area contributed by atoms with Crippen LogP contribution in [0.15, 0.2) is 0 Å². The Morgan fingerprint density at radius 2 is 1.93 bits per heavy atom. The van der Waals surface area contributed by atoms with Crippen LogP contribution in [0.3, 0.4) is 0 Å². The molecule has 0 aromatic carbocycles. The summed E-state index contributed by atoms with van der Waals surface area (Å²) in [6.07, 6.45) is 3.68. The molecule has 1 rings (SSSR count). The van der Waals surface area contributed by atoms with Crippen molar-refractivity contribution in [1.82, 2.24) is 4.90 Å². The van der Waals surface area contributed by atoms with E-state index < -0.39 is 0 Å². The Bertz CT molecular complexity index is 184. The summed E-state index contributed by atoms with van der Waals surface area (Å²) in [6, 6.07) is 1.03. The molecule has 0 aromatic heterocycles. The first-order valence-electron chi connectivity index (χ1n) is 5.56. The Morgan fingerprint density at radius 1 is 1.36 bits per heavy atom. The van der Waals surface area contributed by atoms with Crippen LogP contribution in [0.25, 0.3) is 0 Å². The highest BCUT2D eigenvalue weighted by Gasteiger charge is 2.26. The van der Waals surface area contributed by atoms with Gasteiger partial charge < -0.3 is 4.74 Å². The Labute approximate surface area is 86.4 Å². The molecular formula is C11H21NO2. The number of rotatable bonds is 3. The van der Waals surface area contributed by atoms with Gasteiger partial charge in [-0.2, -0.15) is 0 Å². The molecule has 3 nitrogen and oxygen atoms in total. The molecule has 1 aliphatic heterocycles. The average Bonchev–Trinajstić information content (AvgIpc) is 2.12. The van der Waals surface area contributed by atoms with E-state index in [0.29, 0.717) is 25.2 Å². The SMILES string of the molecule is CCOC(=O)CN1[C@H](C)CCC[C@@H]1C. The van der Waals surface area contributed by atoms with Crippen molar-refractivity contribution in [2.24, 2.45) is 0 Å². The maximum absolute atomic E-state index is 11.3. The molecule has 3 heteroatoms. The van der Waals surface area contributed by atoms with Crippen molar-refractivity contribution in [3.05, 3.63) is 0 Å². The number of ether oxygens (including phenoxy) is 1. The van der Waals surface area contributed by atoms with Crippen molar-refractivity contribution >= 4 is 5.97 Å². The molecule has 1 aliphatic rings. The van der Waals surface area contributed by atoms with Crippen molar-refractivity contribution in [3.63, 3.8) is 0 Å².